The zero-order chi connectivity index (χ0) is 13.9. The van der Waals surface area contributed by atoms with E-state index in [1.54, 1.807) is 0 Å². The summed E-state index contributed by atoms with van der Waals surface area (Å²) in [6.07, 6.45) is 13.2. The fourth-order valence-corrected chi connectivity index (χ4v) is 2.90. The van der Waals surface area contributed by atoms with Gasteiger partial charge in [0.15, 0.2) is 6.29 Å². The third-order valence-corrected chi connectivity index (χ3v) is 4.24. The molecule has 0 aromatic carbocycles. The number of ether oxygens (including phenoxy) is 2. The molecule has 1 rings (SSSR count). The molecule has 114 valence electrons. The molecule has 1 aliphatic rings. The fraction of sp³-hybridized carbons (Fsp3) is 1.00. The van der Waals surface area contributed by atoms with Crippen LogP contribution in [0.3, 0.4) is 0 Å². The highest BCUT2D eigenvalue weighted by Crippen LogP contribution is 2.27. The van der Waals surface area contributed by atoms with E-state index in [0.29, 0.717) is 12.0 Å². The molecule has 2 nitrogen and oxygen atoms in total. The third kappa shape index (κ3) is 6.76. The molecule has 1 aliphatic heterocycles. The van der Waals surface area contributed by atoms with E-state index in [9.17, 15) is 0 Å². The molecule has 0 spiro atoms. The molecule has 0 aromatic rings. The van der Waals surface area contributed by atoms with Gasteiger partial charge in [0.05, 0.1) is 12.7 Å². The van der Waals surface area contributed by atoms with Gasteiger partial charge in [-0.3, -0.25) is 0 Å². The van der Waals surface area contributed by atoms with Crippen LogP contribution in [0.15, 0.2) is 0 Å². The summed E-state index contributed by atoms with van der Waals surface area (Å²) in [7, 11) is 0. The number of rotatable bonds is 10. The molecule has 1 fully saturated rings. The van der Waals surface area contributed by atoms with Gasteiger partial charge < -0.3 is 9.47 Å². The summed E-state index contributed by atoms with van der Waals surface area (Å²) in [6, 6.07) is 0. The molecular formula is C17H34O2. The van der Waals surface area contributed by atoms with E-state index in [1.807, 2.05) is 0 Å². The summed E-state index contributed by atoms with van der Waals surface area (Å²) in [5.41, 5.74) is 0. The molecule has 3 atom stereocenters. The first-order chi connectivity index (χ1) is 9.31. The molecule has 1 heterocycles. The van der Waals surface area contributed by atoms with Crippen molar-refractivity contribution in [3.63, 3.8) is 0 Å². The summed E-state index contributed by atoms with van der Waals surface area (Å²) in [5, 5.41) is 0. The van der Waals surface area contributed by atoms with Crippen molar-refractivity contribution in [1.82, 2.24) is 0 Å². The second-order valence-corrected chi connectivity index (χ2v) is 5.95. The quantitative estimate of drug-likeness (QED) is 0.501. The van der Waals surface area contributed by atoms with Gasteiger partial charge in [0, 0.05) is 5.92 Å². The van der Waals surface area contributed by atoms with Gasteiger partial charge in [-0.05, 0) is 25.7 Å². The van der Waals surface area contributed by atoms with E-state index < -0.39 is 0 Å². The Hall–Kier alpha value is -0.0800. The Kier molecular flexibility index (Phi) is 9.54. The van der Waals surface area contributed by atoms with Crippen LogP contribution in [-0.4, -0.2) is 19.0 Å². The van der Waals surface area contributed by atoms with Gasteiger partial charge in [-0.1, -0.05) is 59.3 Å². The number of unbranched alkanes of at least 4 members (excludes halogenated alkanes) is 5. The molecule has 0 bridgehead atoms. The average Bonchev–Trinajstić information content (AvgIpc) is 2.43. The maximum Gasteiger partial charge on any atom is 0.157 e. The van der Waals surface area contributed by atoms with Gasteiger partial charge in [-0.15, -0.1) is 0 Å². The zero-order valence-electron chi connectivity index (χ0n) is 13.3. The van der Waals surface area contributed by atoms with Crippen LogP contribution < -0.4 is 0 Å². The SMILES string of the molecule is CCCCCCCC[C@H]1OC[C@H](CC)[C@H](CCC)O1. The van der Waals surface area contributed by atoms with Gasteiger partial charge in [-0.2, -0.15) is 0 Å². The molecule has 0 N–H and O–H groups in total. The molecule has 0 unspecified atom stereocenters. The smallest absolute Gasteiger partial charge is 0.157 e. The largest absolute Gasteiger partial charge is 0.352 e. The summed E-state index contributed by atoms with van der Waals surface area (Å²) < 4.78 is 12.0. The standard InChI is InChI=1S/C17H34O2/c1-4-7-8-9-10-11-13-17-18-14-15(6-3)16(19-17)12-5-2/h15-17H,4-14H2,1-3H3/t15-,16-,17-/m0/s1. The third-order valence-electron chi connectivity index (χ3n) is 4.24. The van der Waals surface area contributed by atoms with Gasteiger partial charge in [0.25, 0.3) is 0 Å². The Morgan fingerprint density at radius 3 is 2.26 bits per heavy atom. The molecule has 0 radical (unpaired) electrons. The average molecular weight is 270 g/mol. The van der Waals surface area contributed by atoms with Crippen molar-refractivity contribution in [2.75, 3.05) is 6.61 Å². The minimum atomic E-state index is 0.0746. The first-order valence-electron chi connectivity index (χ1n) is 8.58. The van der Waals surface area contributed by atoms with Gasteiger partial charge in [0.2, 0.25) is 0 Å². The Balaban J connectivity index is 2.13. The van der Waals surface area contributed by atoms with E-state index in [2.05, 4.69) is 20.8 Å². The summed E-state index contributed by atoms with van der Waals surface area (Å²) in [5.74, 6) is 0.612. The van der Waals surface area contributed by atoms with Crippen molar-refractivity contribution in [3.8, 4) is 0 Å². The Bertz CT molecular complexity index is 205. The highest BCUT2D eigenvalue weighted by atomic mass is 16.7. The molecule has 2 heteroatoms. The van der Waals surface area contributed by atoms with Crippen LogP contribution >= 0.6 is 0 Å². The molecule has 0 amide bonds. The monoisotopic (exact) mass is 270 g/mol. The lowest BCUT2D eigenvalue weighted by Crippen LogP contribution is -2.39. The minimum absolute atomic E-state index is 0.0746. The Morgan fingerprint density at radius 1 is 0.842 bits per heavy atom. The zero-order valence-corrected chi connectivity index (χ0v) is 13.3. The van der Waals surface area contributed by atoms with Crippen LogP contribution in [0.2, 0.25) is 0 Å². The van der Waals surface area contributed by atoms with Crippen molar-refractivity contribution in [1.29, 1.82) is 0 Å². The maximum atomic E-state index is 6.14. The molecule has 0 aromatic heterocycles. The van der Waals surface area contributed by atoms with Crippen LogP contribution in [0.1, 0.15) is 85.0 Å². The molecule has 1 saturated heterocycles. The van der Waals surface area contributed by atoms with E-state index >= 15 is 0 Å². The molecular weight excluding hydrogens is 236 g/mol. The van der Waals surface area contributed by atoms with E-state index in [1.165, 1.54) is 57.8 Å². The lowest BCUT2D eigenvalue weighted by atomic mass is 9.95. The predicted molar refractivity (Wildman–Crippen MR) is 81.3 cm³/mol. The van der Waals surface area contributed by atoms with Crippen molar-refractivity contribution >= 4 is 0 Å². The van der Waals surface area contributed by atoms with E-state index in [0.717, 1.165) is 13.0 Å². The topological polar surface area (TPSA) is 18.5 Å². The molecule has 0 saturated carbocycles. The molecule has 0 aliphatic carbocycles. The lowest BCUT2D eigenvalue weighted by molar-refractivity contribution is -0.240. The lowest BCUT2D eigenvalue weighted by Gasteiger charge is -2.36. The summed E-state index contributed by atoms with van der Waals surface area (Å²) >= 11 is 0. The second-order valence-electron chi connectivity index (χ2n) is 5.95. The summed E-state index contributed by atoms with van der Waals surface area (Å²) in [4.78, 5) is 0. The van der Waals surface area contributed by atoms with Crippen molar-refractivity contribution in [2.45, 2.75) is 97.4 Å². The minimum Gasteiger partial charge on any atom is -0.352 e. The fourth-order valence-electron chi connectivity index (χ4n) is 2.90. The predicted octanol–water partition coefficient (Wildman–Crippen LogP) is 5.30. The van der Waals surface area contributed by atoms with Crippen LogP contribution in [0.4, 0.5) is 0 Å². The first-order valence-corrected chi connectivity index (χ1v) is 8.58. The van der Waals surface area contributed by atoms with Crippen LogP contribution in [-0.2, 0) is 9.47 Å². The van der Waals surface area contributed by atoms with Gasteiger partial charge in [0.1, 0.15) is 0 Å². The Morgan fingerprint density at radius 2 is 1.58 bits per heavy atom. The van der Waals surface area contributed by atoms with Crippen molar-refractivity contribution < 1.29 is 9.47 Å². The molecule has 19 heavy (non-hydrogen) atoms. The van der Waals surface area contributed by atoms with Crippen molar-refractivity contribution in [3.05, 3.63) is 0 Å². The van der Waals surface area contributed by atoms with E-state index in [-0.39, 0.29) is 6.29 Å². The van der Waals surface area contributed by atoms with Crippen molar-refractivity contribution in [2.24, 2.45) is 5.92 Å². The van der Waals surface area contributed by atoms with Crippen LogP contribution in [0.25, 0.3) is 0 Å². The number of hydrogen-bond donors (Lipinski definition) is 0. The van der Waals surface area contributed by atoms with Gasteiger partial charge >= 0.3 is 0 Å². The summed E-state index contributed by atoms with van der Waals surface area (Å²) in [6.45, 7) is 7.66. The van der Waals surface area contributed by atoms with Crippen LogP contribution in [0, 0.1) is 5.92 Å². The van der Waals surface area contributed by atoms with Gasteiger partial charge in [-0.25, -0.2) is 0 Å². The second kappa shape index (κ2) is 10.7. The first kappa shape index (κ1) is 17.0. The normalized spacial score (nSPS) is 27.6. The number of hydrogen-bond acceptors (Lipinski definition) is 2. The highest BCUT2D eigenvalue weighted by Gasteiger charge is 2.29. The van der Waals surface area contributed by atoms with E-state index in [4.69, 9.17) is 9.47 Å². The highest BCUT2D eigenvalue weighted by molar-refractivity contribution is 4.73. The Labute approximate surface area is 120 Å². The van der Waals surface area contributed by atoms with Crippen LogP contribution in [0.5, 0.6) is 0 Å². The maximum absolute atomic E-state index is 6.14.